The van der Waals surface area contributed by atoms with Crippen molar-refractivity contribution in [2.75, 3.05) is 0 Å². The van der Waals surface area contributed by atoms with Crippen LogP contribution in [0, 0.1) is 6.92 Å². The molecule has 0 radical (unpaired) electrons. The molecule has 0 bridgehead atoms. The van der Waals surface area contributed by atoms with Crippen LogP contribution in [0.1, 0.15) is 32.0 Å². The fraction of sp³-hybridized carbons (Fsp3) is 0.438. The highest BCUT2D eigenvalue weighted by atomic mass is 35.5. The molecule has 0 amide bonds. The Bertz CT molecular complexity index is 587. The van der Waals surface area contributed by atoms with Gasteiger partial charge in [0.05, 0.1) is 5.69 Å². The van der Waals surface area contributed by atoms with Gasteiger partial charge in [-0.15, -0.1) is 0 Å². The number of rotatable bonds is 5. The fourth-order valence-corrected chi connectivity index (χ4v) is 2.38. The zero-order valence-electron chi connectivity index (χ0n) is 12.6. The van der Waals surface area contributed by atoms with E-state index in [1.165, 1.54) is 0 Å². The van der Waals surface area contributed by atoms with Crippen molar-refractivity contribution in [2.24, 2.45) is 0 Å². The van der Waals surface area contributed by atoms with Crippen LogP contribution in [0.4, 0.5) is 0 Å². The zero-order chi connectivity index (χ0) is 14.7. The summed E-state index contributed by atoms with van der Waals surface area (Å²) in [6.45, 7) is 10.1. The van der Waals surface area contributed by atoms with Crippen molar-refractivity contribution < 1.29 is 0 Å². The Hall–Kier alpha value is -1.32. The van der Waals surface area contributed by atoms with E-state index in [0.29, 0.717) is 6.04 Å². The Morgan fingerprint density at radius 1 is 1.35 bits per heavy atom. The predicted molar refractivity (Wildman–Crippen MR) is 85.1 cm³/mol. The first-order valence-corrected chi connectivity index (χ1v) is 7.45. The average Bonchev–Trinajstić information content (AvgIpc) is 2.78. The van der Waals surface area contributed by atoms with Gasteiger partial charge in [0, 0.05) is 35.9 Å². The van der Waals surface area contributed by atoms with Gasteiger partial charge in [-0.25, -0.2) is 0 Å². The summed E-state index contributed by atoms with van der Waals surface area (Å²) in [5.74, 6) is 0. The number of aryl methyl sites for hydroxylation is 2. The normalized spacial score (nSPS) is 11.3. The lowest BCUT2D eigenvalue weighted by atomic mass is 10.0. The van der Waals surface area contributed by atoms with Gasteiger partial charge < -0.3 is 5.32 Å². The van der Waals surface area contributed by atoms with Crippen LogP contribution in [0.2, 0.25) is 5.02 Å². The predicted octanol–water partition coefficient (Wildman–Crippen LogP) is 4.03. The summed E-state index contributed by atoms with van der Waals surface area (Å²) in [5, 5.41) is 8.67. The van der Waals surface area contributed by atoms with E-state index in [-0.39, 0.29) is 0 Å². The molecule has 0 saturated heterocycles. The Labute approximate surface area is 126 Å². The zero-order valence-corrected chi connectivity index (χ0v) is 13.3. The highest BCUT2D eigenvalue weighted by molar-refractivity contribution is 6.31. The molecular weight excluding hydrogens is 270 g/mol. The second kappa shape index (κ2) is 6.42. The van der Waals surface area contributed by atoms with Crippen LogP contribution in [-0.4, -0.2) is 15.8 Å². The lowest BCUT2D eigenvalue weighted by Crippen LogP contribution is -2.21. The molecule has 0 unspecified atom stereocenters. The van der Waals surface area contributed by atoms with Gasteiger partial charge in [-0.05, 0) is 31.0 Å². The number of halogens is 1. The molecule has 0 fully saturated rings. The molecule has 2 aromatic rings. The molecule has 1 N–H and O–H groups in total. The number of hydrogen-bond acceptors (Lipinski definition) is 2. The van der Waals surface area contributed by atoms with E-state index in [1.54, 1.807) is 0 Å². The topological polar surface area (TPSA) is 29.9 Å². The van der Waals surface area contributed by atoms with E-state index >= 15 is 0 Å². The summed E-state index contributed by atoms with van der Waals surface area (Å²) in [5.41, 5.74) is 4.44. The first-order chi connectivity index (χ1) is 9.51. The van der Waals surface area contributed by atoms with Crippen molar-refractivity contribution in [3.63, 3.8) is 0 Å². The van der Waals surface area contributed by atoms with Crippen LogP contribution < -0.4 is 5.32 Å². The lowest BCUT2D eigenvalue weighted by molar-refractivity contribution is 0.589. The van der Waals surface area contributed by atoms with Gasteiger partial charge in [0.2, 0.25) is 0 Å². The summed E-state index contributed by atoms with van der Waals surface area (Å²) < 4.78 is 1.95. The lowest BCUT2D eigenvalue weighted by Gasteiger charge is -2.10. The monoisotopic (exact) mass is 291 g/mol. The molecule has 1 aromatic heterocycles. The Morgan fingerprint density at radius 2 is 2.10 bits per heavy atom. The minimum atomic E-state index is 0.454. The summed E-state index contributed by atoms with van der Waals surface area (Å²) >= 11 is 6.39. The molecule has 2 rings (SSSR count). The minimum Gasteiger partial charge on any atom is -0.310 e. The maximum Gasteiger partial charge on any atom is 0.0672 e. The summed E-state index contributed by atoms with van der Waals surface area (Å²) in [7, 11) is 0. The minimum absolute atomic E-state index is 0.454. The molecule has 0 aliphatic carbocycles. The van der Waals surface area contributed by atoms with Crippen molar-refractivity contribution >= 4 is 11.6 Å². The smallest absolute Gasteiger partial charge is 0.0672 e. The highest BCUT2D eigenvalue weighted by Gasteiger charge is 2.09. The van der Waals surface area contributed by atoms with Gasteiger partial charge >= 0.3 is 0 Å². The summed E-state index contributed by atoms with van der Waals surface area (Å²) in [4.78, 5) is 0. The molecule has 4 heteroatoms. The van der Waals surface area contributed by atoms with E-state index < -0.39 is 0 Å². The largest absolute Gasteiger partial charge is 0.310 e. The maximum absolute atomic E-state index is 6.39. The molecule has 1 heterocycles. The summed E-state index contributed by atoms with van der Waals surface area (Å²) in [6, 6.07) is 6.70. The first-order valence-electron chi connectivity index (χ1n) is 7.07. The first kappa shape index (κ1) is 15.1. The van der Waals surface area contributed by atoms with Crippen LogP contribution in [0.25, 0.3) is 11.1 Å². The van der Waals surface area contributed by atoms with Crippen molar-refractivity contribution in [3.05, 3.63) is 40.7 Å². The van der Waals surface area contributed by atoms with Gasteiger partial charge in [0.1, 0.15) is 0 Å². The third-order valence-electron chi connectivity index (χ3n) is 3.34. The third kappa shape index (κ3) is 3.41. The van der Waals surface area contributed by atoms with Gasteiger partial charge in [-0.2, -0.15) is 5.10 Å². The molecule has 0 saturated carbocycles. The number of benzene rings is 1. The van der Waals surface area contributed by atoms with E-state index in [9.17, 15) is 0 Å². The second-order valence-electron chi connectivity index (χ2n) is 5.33. The molecule has 0 aliphatic rings. The number of nitrogens with one attached hydrogen (secondary N) is 1. The SMILES string of the molecule is CCn1cc(-c2ccc(CNC(C)C)c(Cl)c2)c(C)n1. The van der Waals surface area contributed by atoms with Gasteiger partial charge in [0.25, 0.3) is 0 Å². The van der Waals surface area contributed by atoms with E-state index in [4.69, 9.17) is 11.6 Å². The van der Waals surface area contributed by atoms with Crippen molar-refractivity contribution in [3.8, 4) is 11.1 Å². The molecule has 0 aliphatic heterocycles. The highest BCUT2D eigenvalue weighted by Crippen LogP contribution is 2.27. The third-order valence-corrected chi connectivity index (χ3v) is 3.69. The molecule has 0 spiro atoms. The van der Waals surface area contributed by atoms with Crippen molar-refractivity contribution in [1.82, 2.24) is 15.1 Å². The van der Waals surface area contributed by atoms with Crippen molar-refractivity contribution in [1.29, 1.82) is 0 Å². The standard InChI is InChI=1S/C16H22ClN3/c1-5-20-10-15(12(4)19-20)13-6-7-14(16(17)8-13)9-18-11(2)3/h6-8,10-11,18H,5,9H2,1-4H3. The maximum atomic E-state index is 6.39. The quantitative estimate of drug-likeness (QED) is 0.901. The molecule has 1 aromatic carbocycles. The Kier molecular flexibility index (Phi) is 4.84. The van der Waals surface area contributed by atoms with E-state index in [0.717, 1.165) is 40.5 Å². The molecule has 0 atom stereocenters. The molecule has 3 nitrogen and oxygen atoms in total. The van der Waals surface area contributed by atoms with Gasteiger partial charge in [0.15, 0.2) is 0 Å². The van der Waals surface area contributed by atoms with Crippen LogP contribution in [-0.2, 0) is 13.1 Å². The Balaban J connectivity index is 2.25. The van der Waals surface area contributed by atoms with Gasteiger partial charge in [-0.3, -0.25) is 4.68 Å². The van der Waals surface area contributed by atoms with Crippen LogP contribution >= 0.6 is 11.6 Å². The number of aromatic nitrogens is 2. The molecule has 108 valence electrons. The number of hydrogen-bond donors (Lipinski definition) is 1. The summed E-state index contributed by atoms with van der Waals surface area (Å²) in [6.07, 6.45) is 2.08. The van der Waals surface area contributed by atoms with E-state index in [1.807, 2.05) is 17.7 Å². The number of nitrogens with zero attached hydrogens (tertiary/aromatic N) is 2. The van der Waals surface area contributed by atoms with Crippen LogP contribution in [0.15, 0.2) is 24.4 Å². The van der Waals surface area contributed by atoms with Crippen molar-refractivity contribution in [2.45, 2.75) is 46.8 Å². The average molecular weight is 292 g/mol. The van der Waals surface area contributed by atoms with E-state index in [2.05, 4.69) is 49.5 Å². The van der Waals surface area contributed by atoms with Crippen LogP contribution in [0.5, 0.6) is 0 Å². The molecular formula is C16H22ClN3. The Morgan fingerprint density at radius 3 is 2.65 bits per heavy atom. The van der Waals surface area contributed by atoms with Gasteiger partial charge in [-0.1, -0.05) is 37.6 Å². The molecule has 20 heavy (non-hydrogen) atoms. The fourth-order valence-electron chi connectivity index (χ4n) is 2.14. The second-order valence-corrected chi connectivity index (χ2v) is 5.73. The van der Waals surface area contributed by atoms with Crippen LogP contribution in [0.3, 0.4) is 0 Å².